The zero-order chi connectivity index (χ0) is 15.9. The van der Waals surface area contributed by atoms with Gasteiger partial charge in [0.25, 0.3) is 0 Å². The lowest BCUT2D eigenvalue weighted by Crippen LogP contribution is -2.50. The van der Waals surface area contributed by atoms with E-state index in [1.807, 2.05) is 40.9 Å². The second kappa shape index (κ2) is 8.65. The van der Waals surface area contributed by atoms with E-state index in [0.717, 1.165) is 36.6 Å². The Hall–Kier alpha value is -0.910. The predicted molar refractivity (Wildman–Crippen MR) is 94.7 cm³/mol. The van der Waals surface area contributed by atoms with Crippen LogP contribution in [0.4, 0.5) is 4.79 Å². The van der Waals surface area contributed by atoms with Crippen LogP contribution in [0.25, 0.3) is 0 Å². The normalized spacial score (nSPS) is 19.1. The number of urea groups is 1. The molecule has 22 heavy (non-hydrogen) atoms. The van der Waals surface area contributed by atoms with E-state index in [1.54, 1.807) is 0 Å². The molecular weight excluding hydrogens is 318 g/mol. The average molecular weight is 342 g/mol. The van der Waals surface area contributed by atoms with E-state index >= 15 is 0 Å². The Labute approximate surface area is 142 Å². The van der Waals surface area contributed by atoms with Gasteiger partial charge >= 0.3 is 6.03 Å². The Morgan fingerprint density at radius 1 is 1.41 bits per heavy atom. The van der Waals surface area contributed by atoms with Gasteiger partial charge in [-0.15, -0.1) is 0 Å². The molecule has 2 rings (SSSR count). The Kier molecular flexibility index (Phi) is 6.86. The van der Waals surface area contributed by atoms with Gasteiger partial charge < -0.3 is 15.1 Å². The quantitative estimate of drug-likeness (QED) is 0.914. The monoisotopic (exact) mass is 341 g/mol. The number of thioether (sulfide) groups is 1. The second-order valence-corrected chi connectivity index (χ2v) is 7.41. The largest absolute Gasteiger partial charge is 0.334 e. The van der Waals surface area contributed by atoms with Gasteiger partial charge in [-0.1, -0.05) is 23.7 Å². The van der Waals surface area contributed by atoms with Gasteiger partial charge in [0, 0.05) is 30.4 Å². The minimum absolute atomic E-state index is 0.0318. The number of carbonyl (C=O) groups is 1. The Balaban J connectivity index is 1.93. The number of hydrogen-bond acceptors (Lipinski definition) is 3. The van der Waals surface area contributed by atoms with Crippen molar-refractivity contribution in [2.75, 3.05) is 38.7 Å². The Morgan fingerprint density at radius 2 is 2.14 bits per heavy atom. The molecule has 0 aromatic heterocycles. The summed E-state index contributed by atoms with van der Waals surface area (Å²) in [5, 5.41) is 3.75. The van der Waals surface area contributed by atoms with Gasteiger partial charge in [-0.2, -0.15) is 11.8 Å². The van der Waals surface area contributed by atoms with Crippen LogP contribution in [-0.2, 0) is 6.54 Å². The molecule has 1 N–H and O–H groups in total. The first kappa shape index (κ1) is 17.4. The van der Waals surface area contributed by atoms with E-state index < -0.39 is 0 Å². The van der Waals surface area contributed by atoms with Gasteiger partial charge in [-0.25, -0.2) is 4.79 Å². The lowest BCUT2D eigenvalue weighted by atomic mass is 10.2. The summed E-state index contributed by atoms with van der Waals surface area (Å²) < 4.78 is 0. The number of likely N-dealkylation sites (N-methyl/N-ethyl adjacent to an activating group) is 1. The molecule has 0 unspecified atom stereocenters. The maximum Gasteiger partial charge on any atom is 0.317 e. The molecular formula is C16H24ClN3OS. The van der Waals surface area contributed by atoms with Crippen LogP contribution in [0.1, 0.15) is 12.0 Å². The van der Waals surface area contributed by atoms with E-state index in [2.05, 4.69) is 24.3 Å². The fourth-order valence-corrected chi connectivity index (χ4v) is 3.73. The zero-order valence-electron chi connectivity index (χ0n) is 13.2. The summed E-state index contributed by atoms with van der Waals surface area (Å²) in [5.74, 6) is 2.14. The van der Waals surface area contributed by atoms with Crippen LogP contribution in [0.3, 0.4) is 0 Å². The van der Waals surface area contributed by atoms with E-state index in [4.69, 9.17) is 11.6 Å². The summed E-state index contributed by atoms with van der Waals surface area (Å²) in [5.41, 5.74) is 1.06. The maximum atomic E-state index is 12.5. The van der Waals surface area contributed by atoms with Gasteiger partial charge in [-0.05, 0) is 44.0 Å². The maximum absolute atomic E-state index is 12.5. The van der Waals surface area contributed by atoms with Crippen LogP contribution >= 0.6 is 23.4 Å². The van der Waals surface area contributed by atoms with E-state index in [9.17, 15) is 4.79 Å². The third kappa shape index (κ3) is 5.38. The van der Waals surface area contributed by atoms with Crippen LogP contribution in [-0.4, -0.2) is 60.6 Å². The second-order valence-electron chi connectivity index (χ2n) is 5.82. The van der Waals surface area contributed by atoms with Crippen molar-refractivity contribution in [3.05, 3.63) is 34.9 Å². The molecule has 1 heterocycles. The topological polar surface area (TPSA) is 35.6 Å². The summed E-state index contributed by atoms with van der Waals surface area (Å²) in [7, 11) is 4.11. The summed E-state index contributed by atoms with van der Waals surface area (Å²) in [4.78, 5) is 16.7. The van der Waals surface area contributed by atoms with Crippen molar-refractivity contribution in [3.8, 4) is 0 Å². The molecule has 0 saturated carbocycles. The predicted octanol–water partition coefficient (Wildman–Crippen LogP) is 2.92. The zero-order valence-corrected chi connectivity index (χ0v) is 14.8. The van der Waals surface area contributed by atoms with Crippen molar-refractivity contribution < 1.29 is 4.79 Å². The van der Waals surface area contributed by atoms with Gasteiger partial charge in [0.15, 0.2) is 0 Å². The number of nitrogens with one attached hydrogen (secondary N) is 1. The smallest absolute Gasteiger partial charge is 0.317 e. The first-order chi connectivity index (χ1) is 10.6. The Morgan fingerprint density at radius 3 is 2.82 bits per heavy atom. The number of hydrogen-bond donors (Lipinski definition) is 1. The van der Waals surface area contributed by atoms with Gasteiger partial charge in [0.05, 0.1) is 6.04 Å². The molecule has 4 nitrogen and oxygen atoms in total. The molecule has 1 aliphatic rings. The van der Waals surface area contributed by atoms with Crippen LogP contribution in [0, 0.1) is 0 Å². The first-order valence-corrected chi connectivity index (χ1v) is 9.11. The number of amides is 2. The summed E-state index contributed by atoms with van der Waals surface area (Å²) in [6.07, 6.45) is 1.06. The minimum atomic E-state index is 0.0318. The molecule has 0 aliphatic carbocycles. The third-order valence-corrected chi connectivity index (χ3v) is 5.08. The molecule has 1 atom stereocenters. The molecule has 1 fully saturated rings. The van der Waals surface area contributed by atoms with Crippen molar-refractivity contribution in [3.63, 3.8) is 0 Å². The SMILES string of the molecule is CN(C)C[C@@H]1CSCCCN1C(=O)NCc1ccc(Cl)cc1. The lowest BCUT2D eigenvalue weighted by Gasteiger charge is -2.31. The highest BCUT2D eigenvalue weighted by Gasteiger charge is 2.25. The van der Waals surface area contributed by atoms with Crippen LogP contribution < -0.4 is 5.32 Å². The van der Waals surface area contributed by atoms with E-state index in [1.165, 1.54) is 0 Å². The number of rotatable bonds is 4. The van der Waals surface area contributed by atoms with Crippen LogP contribution in [0.15, 0.2) is 24.3 Å². The van der Waals surface area contributed by atoms with Gasteiger partial charge in [0.2, 0.25) is 0 Å². The summed E-state index contributed by atoms with van der Waals surface area (Å²) in [6, 6.07) is 7.88. The van der Waals surface area contributed by atoms with Crippen LogP contribution in [0.5, 0.6) is 0 Å². The standard InChI is InChI=1S/C16H24ClN3OS/c1-19(2)11-15-12-22-9-3-8-20(15)16(21)18-10-13-4-6-14(17)7-5-13/h4-7,15H,3,8-12H2,1-2H3,(H,18,21)/t15-/m1/s1. The number of benzene rings is 1. The van der Waals surface area contributed by atoms with Gasteiger partial charge in [0.1, 0.15) is 0 Å². The molecule has 1 aliphatic heterocycles. The highest BCUT2D eigenvalue weighted by atomic mass is 35.5. The highest BCUT2D eigenvalue weighted by Crippen LogP contribution is 2.17. The fourth-order valence-electron chi connectivity index (χ4n) is 2.55. The van der Waals surface area contributed by atoms with E-state index in [-0.39, 0.29) is 12.1 Å². The Bertz CT molecular complexity index is 481. The van der Waals surface area contributed by atoms with Crippen LogP contribution in [0.2, 0.25) is 5.02 Å². The summed E-state index contributed by atoms with van der Waals surface area (Å²) >= 11 is 7.82. The molecule has 6 heteroatoms. The molecule has 0 spiro atoms. The first-order valence-electron chi connectivity index (χ1n) is 7.57. The van der Waals surface area contributed by atoms with Crippen molar-refractivity contribution in [2.45, 2.75) is 19.0 Å². The van der Waals surface area contributed by atoms with Crippen molar-refractivity contribution in [1.29, 1.82) is 0 Å². The third-order valence-electron chi connectivity index (χ3n) is 3.63. The van der Waals surface area contributed by atoms with Crippen molar-refractivity contribution >= 4 is 29.4 Å². The van der Waals surface area contributed by atoms with Gasteiger partial charge in [-0.3, -0.25) is 0 Å². The minimum Gasteiger partial charge on any atom is -0.334 e. The highest BCUT2D eigenvalue weighted by molar-refractivity contribution is 7.99. The number of carbonyl (C=O) groups excluding carboxylic acids is 1. The molecule has 0 radical (unpaired) electrons. The molecule has 1 aromatic rings. The average Bonchev–Trinajstić information content (AvgIpc) is 2.71. The lowest BCUT2D eigenvalue weighted by molar-refractivity contribution is 0.168. The number of nitrogens with zero attached hydrogens (tertiary/aromatic N) is 2. The fraction of sp³-hybridized carbons (Fsp3) is 0.562. The molecule has 122 valence electrons. The van der Waals surface area contributed by atoms with Crippen molar-refractivity contribution in [1.82, 2.24) is 15.1 Å². The van der Waals surface area contributed by atoms with Crippen molar-refractivity contribution in [2.24, 2.45) is 0 Å². The molecule has 1 aromatic carbocycles. The van der Waals surface area contributed by atoms with E-state index in [0.29, 0.717) is 11.6 Å². The molecule has 0 bridgehead atoms. The molecule has 1 saturated heterocycles. The number of halogens is 1. The molecule has 2 amide bonds. The summed E-state index contributed by atoms with van der Waals surface area (Å²) in [6.45, 7) is 2.27.